The molecule has 8 heteroatoms. The van der Waals surface area contributed by atoms with Crippen molar-refractivity contribution in [2.45, 2.75) is 24.7 Å². The zero-order chi connectivity index (χ0) is 21.6. The summed E-state index contributed by atoms with van der Waals surface area (Å²) in [5.74, 6) is 2.60. The maximum absolute atomic E-state index is 13.3. The molecule has 3 aromatic rings. The average Bonchev–Trinajstić information content (AvgIpc) is 3.47. The van der Waals surface area contributed by atoms with E-state index < -0.39 is 0 Å². The van der Waals surface area contributed by atoms with E-state index in [1.807, 2.05) is 30.3 Å². The van der Waals surface area contributed by atoms with Crippen LogP contribution < -0.4 is 14.4 Å². The lowest BCUT2D eigenvalue weighted by Gasteiger charge is -2.23. The third-order valence-corrected chi connectivity index (χ3v) is 7.26. The van der Waals surface area contributed by atoms with E-state index in [2.05, 4.69) is 12.1 Å². The predicted molar refractivity (Wildman–Crippen MR) is 127 cm³/mol. The number of benzene rings is 2. The number of amides is 1. The first-order valence-electron chi connectivity index (χ1n) is 10.2. The summed E-state index contributed by atoms with van der Waals surface area (Å²) in [6.07, 6.45) is 2.02. The standard InChI is InChI=1S/C23H26N2O4S2/c1-27-18-10-11-19(28-2)22-21(18)24-23(31-22)25(13-17-9-6-12-29-17)20(26)15-30-14-16-7-4-3-5-8-16/h3-5,7-8,10-11,17H,6,9,12-15H2,1-2H3. The van der Waals surface area contributed by atoms with Crippen LogP contribution in [0, 0.1) is 0 Å². The monoisotopic (exact) mass is 458 g/mol. The number of carbonyl (C=O) groups excluding carboxylic acids is 1. The van der Waals surface area contributed by atoms with Crippen LogP contribution in [0.15, 0.2) is 42.5 Å². The Labute approximate surface area is 190 Å². The number of thioether (sulfide) groups is 1. The second-order valence-corrected chi connectivity index (χ2v) is 9.23. The second-order valence-electron chi connectivity index (χ2n) is 7.26. The number of aromatic nitrogens is 1. The first-order valence-corrected chi connectivity index (χ1v) is 12.2. The zero-order valence-electron chi connectivity index (χ0n) is 17.7. The lowest BCUT2D eigenvalue weighted by atomic mass is 10.2. The fourth-order valence-electron chi connectivity index (χ4n) is 3.58. The van der Waals surface area contributed by atoms with Gasteiger partial charge in [-0.05, 0) is 30.5 Å². The molecule has 1 amide bonds. The highest BCUT2D eigenvalue weighted by atomic mass is 32.2. The van der Waals surface area contributed by atoms with Crippen molar-refractivity contribution in [2.75, 3.05) is 38.0 Å². The summed E-state index contributed by atoms with van der Waals surface area (Å²) in [4.78, 5) is 19.8. The zero-order valence-corrected chi connectivity index (χ0v) is 19.3. The van der Waals surface area contributed by atoms with Crippen molar-refractivity contribution >= 4 is 44.4 Å². The van der Waals surface area contributed by atoms with Crippen LogP contribution in [-0.2, 0) is 15.3 Å². The minimum atomic E-state index is 0.0356. The maximum Gasteiger partial charge on any atom is 0.238 e. The summed E-state index contributed by atoms with van der Waals surface area (Å²) >= 11 is 3.06. The summed E-state index contributed by atoms with van der Waals surface area (Å²) in [6, 6.07) is 13.9. The normalized spacial score (nSPS) is 15.9. The molecule has 1 saturated heterocycles. The van der Waals surface area contributed by atoms with E-state index in [0.717, 1.165) is 35.7 Å². The number of thiazole rings is 1. The highest BCUT2D eigenvalue weighted by Crippen LogP contribution is 2.40. The minimum Gasteiger partial charge on any atom is -0.495 e. The largest absolute Gasteiger partial charge is 0.495 e. The number of carbonyl (C=O) groups is 1. The Morgan fingerprint density at radius 1 is 1.19 bits per heavy atom. The van der Waals surface area contributed by atoms with Crippen LogP contribution in [0.4, 0.5) is 5.13 Å². The third kappa shape index (κ3) is 5.14. The Balaban J connectivity index is 1.57. The molecule has 6 nitrogen and oxygen atoms in total. The maximum atomic E-state index is 13.3. The molecular weight excluding hydrogens is 432 g/mol. The van der Waals surface area contributed by atoms with E-state index in [9.17, 15) is 4.79 Å². The SMILES string of the molecule is COc1ccc(OC)c2sc(N(CC3CCCO3)C(=O)CSCc3ccccc3)nc12. The van der Waals surface area contributed by atoms with Gasteiger partial charge in [0.1, 0.15) is 21.7 Å². The van der Waals surface area contributed by atoms with Gasteiger partial charge in [-0.1, -0.05) is 41.7 Å². The Bertz CT molecular complexity index is 978. The predicted octanol–water partition coefficient (Wildman–Crippen LogP) is 4.76. The molecule has 1 fully saturated rings. The fraction of sp³-hybridized carbons (Fsp3) is 0.391. The molecule has 2 heterocycles. The fourth-order valence-corrected chi connectivity index (χ4v) is 5.54. The van der Waals surface area contributed by atoms with Gasteiger partial charge in [-0.15, -0.1) is 11.8 Å². The molecule has 1 aromatic heterocycles. The molecule has 2 aromatic carbocycles. The Morgan fingerprint density at radius 3 is 2.68 bits per heavy atom. The van der Waals surface area contributed by atoms with Gasteiger partial charge < -0.3 is 14.2 Å². The molecule has 0 aliphatic carbocycles. The van der Waals surface area contributed by atoms with E-state index in [4.69, 9.17) is 19.2 Å². The quantitative estimate of drug-likeness (QED) is 0.461. The molecule has 0 bridgehead atoms. The number of anilines is 1. The first kappa shape index (κ1) is 21.9. The summed E-state index contributed by atoms with van der Waals surface area (Å²) in [5, 5.41) is 0.651. The van der Waals surface area contributed by atoms with Crippen LogP contribution in [0.2, 0.25) is 0 Å². The van der Waals surface area contributed by atoms with Gasteiger partial charge >= 0.3 is 0 Å². The van der Waals surface area contributed by atoms with Gasteiger partial charge in [0.2, 0.25) is 5.91 Å². The van der Waals surface area contributed by atoms with Crippen molar-refractivity contribution in [1.82, 2.24) is 4.98 Å². The van der Waals surface area contributed by atoms with Gasteiger partial charge in [0.25, 0.3) is 0 Å². The van der Waals surface area contributed by atoms with Gasteiger partial charge in [0.05, 0.1) is 32.6 Å². The summed E-state index contributed by atoms with van der Waals surface area (Å²) < 4.78 is 17.7. The van der Waals surface area contributed by atoms with Crippen LogP contribution in [-0.4, -0.2) is 50.1 Å². The lowest BCUT2D eigenvalue weighted by Crippen LogP contribution is -2.38. The first-order chi connectivity index (χ1) is 15.2. The number of fused-ring (bicyclic) bond motifs is 1. The molecule has 0 saturated carbocycles. The van der Waals surface area contributed by atoms with Gasteiger partial charge in [-0.25, -0.2) is 4.98 Å². The average molecular weight is 459 g/mol. The highest BCUT2D eigenvalue weighted by Gasteiger charge is 2.27. The number of ether oxygens (including phenoxy) is 3. The molecule has 1 aliphatic heterocycles. The lowest BCUT2D eigenvalue weighted by molar-refractivity contribution is -0.116. The molecule has 0 N–H and O–H groups in total. The van der Waals surface area contributed by atoms with Crippen LogP contribution in [0.5, 0.6) is 11.5 Å². The van der Waals surface area contributed by atoms with Crippen molar-refractivity contribution in [1.29, 1.82) is 0 Å². The number of hydrogen-bond acceptors (Lipinski definition) is 7. The third-order valence-electron chi connectivity index (χ3n) is 5.18. The van der Waals surface area contributed by atoms with E-state index in [1.165, 1.54) is 16.9 Å². The van der Waals surface area contributed by atoms with E-state index in [1.54, 1.807) is 30.9 Å². The van der Waals surface area contributed by atoms with Gasteiger partial charge in [-0.3, -0.25) is 9.69 Å². The molecule has 164 valence electrons. The Kier molecular flexibility index (Phi) is 7.32. The van der Waals surface area contributed by atoms with E-state index in [-0.39, 0.29) is 12.0 Å². The molecule has 31 heavy (non-hydrogen) atoms. The summed E-state index contributed by atoms with van der Waals surface area (Å²) in [6.45, 7) is 1.26. The topological polar surface area (TPSA) is 60.9 Å². The summed E-state index contributed by atoms with van der Waals surface area (Å²) in [7, 11) is 3.26. The molecular formula is C23H26N2O4S2. The van der Waals surface area contributed by atoms with Crippen molar-refractivity contribution < 1.29 is 19.0 Å². The smallest absolute Gasteiger partial charge is 0.238 e. The van der Waals surface area contributed by atoms with E-state index in [0.29, 0.717) is 28.7 Å². The van der Waals surface area contributed by atoms with Crippen molar-refractivity contribution in [3.8, 4) is 11.5 Å². The van der Waals surface area contributed by atoms with Crippen LogP contribution in [0.1, 0.15) is 18.4 Å². The number of hydrogen-bond donors (Lipinski definition) is 0. The Morgan fingerprint density at radius 2 is 1.97 bits per heavy atom. The van der Waals surface area contributed by atoms with E-state index >= 15 is 0 Å². The van der Waals surface area contributed by atoms with Crippen LogP contribution in [0.25, 0.3) is 10.2 Å². The molecule has 1 aliphatic rings. The molecule has 0 radical (unpaired) electrons. The van der Waals surface area contributed by atoms with Gasteiger partial charge in [0, 0.05) is 12.4 Å². The van der Waals surface area contributed by atoms with Crippen LogP contribution >= 0.6 is 23.1 Å². The molecule has 1 atom stereocenters. The molecule has 0 spiro atoms. The highest BCUT2D eigenvalue weighted by molar-refractivity contribution is 7.99. The number of nitrogens with zero attached hydrogens (tertiary/aromatic N) is 2. The van der Waals surface area contributed by atoms with Crippen LogP contribution in [0.3, 0.4) is 0 Å². The number of rotatable bonds is 9. The van der Waals surface area contributed by atoms with Crippen molar-refractivity contribution in [3.63, 3.8) is 0 Å². The molecule has 4 rings (SSSR count). The number of methoxy groups -OCH3 is 2. The Hall–Kier alpha value is -2.29. The van der Waals surface area contributed by atoms with Crippen molar-refractivity contribution in [2.24, 2.45) is 0 Å². The summed E-state index contributed by atoms with van der Waals surface area (Å²) in [5.41, 5.74) is 1.92. The van der Waals surface area contributed by atoms with Gasteiger partial charge in [0.15, 0.2) is 5.13 Å². The molecule has 1 unspecified atom stereocenters. The van der Waals surface area contributed by atoms with Gasteiger partial charge in [-0.2, -0.15) is 0 Å². The minimum absolute atomic E-state index is 0.0356. The van der Waals surface area contributed by atoms with Crippen molar-refractivity contribution in [3.05, 3.63) is 48.0 Å². The second kappa shape index (κ2) is 10.3.